The predicted octanol–water partition coefficient (Wildman–Crippen LogP) is 4.35. The van der Waals surface area contributed by atoms with Crippen LogP contribution in [0.3, 0.4) is 0 Å². The number of carbonyl (C=O) groups is 1. The number of fused-ring (bicyclic) bond motifs is 1. The first-order valence-electron chi connectivity index (χ1n) is 11.0. The minimum atomic E-state index is 0.163. The summed E-state index contributed by atoms with van der Waals surface area (Å²) in [4.78, 5) is 31.7. The highest BCUT2D eigenvalue weighted by Crippen LogP contribution is 2.27. The lowest BCUT2D eigenvalue weighted by Crippen LogP contribution is -2.40. The molecule has 4 heterocycles. The molecule has 3 aromatic heterocycles. The van der Waals surface area contributed by atoms with Crippen LogP contribution in [0.5, 0.6) is 0 Å². The van der Waals surface area contributed by atoms with Crippen LogP contribution < -0.4 is 5.32 Å². The molecule has 1 aromatic carbocycles. The summed E-state index contributed by atoms with van der Waals surface area (Å²) < 4.78 is 0. The van der Waals surface area contributed by atoms with Crippen molar-refractivity contribution in [2.24, 2.45) is 0 Å². The fraction of sp³-hybridized carbons (Fsp3) is 0.280. The van der Waals surface area contributed by atoms with Crippen molar-refractivity contribution in [1.82, 2.24) is 24.8 Å². The van der Waals surface area contributed by atoms with E-state index in [9.17, 15) is 4.79 Å². The predicted molar refractivity (Wildman–Crippen MR) is 125 cm³/mol. The van der Waals surface area contributed by atoms with E-state index >= 15 is 0 Å². The second kappa shape index (κ2) is 8.78. The van der Waals surface area contributed by atoms with E-state index in [2.05, 4.69) is 26.3 Å². The molecule has 1 aliphatic heterocycles. The van der Waals surface area contributed by atoms with Gasteiger partial charge in [0, 0.05) is 48.5 Å². The molecule has 7 nitrogen and oxygen atoms in total. The van der Waals surface area contributed by atoms with Gasteiger partial charge in [-0.3, -0.25) is 4.79 Å². The molecule has 2 N–H and O–H groups in total. The van der Waals surface area contributed by atoms with Crippen LogP contribution in [0, 0.1) is 6.92 Å². The van der Waals surface area contributed by atoms with Crippen LogP contribution in [0.15, 0.2) is 61.1 Å². The molecule has 0 spiro atoms. The summed E-state index contributed by atoms with van der Waals surface area (Å²) >= 11 is 0. The summed E-state index contributed by atoms with van der Waals surface area (Å²) in [5.74, 6) is 1.61. The van der Waals surface area contributed by atoms with E-state index in [-0.39, 0.29) is 11.8 Å². The van der Waals surface area contributed by atoms with E-state index in [1.807, 2.05) is 60.6 Å². The van der Waals surface area contributed by atoms with Gasteiger partial charge in [0.1, 0.15) is 5.82 Å². The van der Waals surface area contributed by atoms with E-state index in [0.717, 1.165) is 47.1 Å². The Labute approximate surface area is 186 Å². The normalized spacial score (nSPS) is 16.3. The number of anilines is 2. The molecule has 1 aliphatic rings. The van der Waals surface area contributed by atoms with Crippen molar-refractivity contribution in [2.75, 3.05) is 18.4 Å². The largest absolute Gasteiger partial charge is 0.361 e. The summed E-state index contributed by atoms with van der Waals surface area (Å²) in [5.41, 5.74) is 4.17. The fourth-order valence-electron chi connectivity index (χ4n) is 4.31. The highest BCUT2D eigenvalue weighted by Gasteiger charge is 2.26. The van der Waals surface area contributed by atoms with Gasteiger partial charge in [0.05, 0.1) is 12.1 Å². The third-order valence-corrected chi connectivity index (χ3v) is 6.04. The Bertz CT molecular complexity index is 1230. The maximum atomic E-state index is 13.1. The summed E-state index contributed by atoms with van der Waals surface area (Å²) in [6.07, 6.45) is 7.92. The molecule has 1 atom stereocenters. The van der Waals surface area contributed by atoms with E-state index in [1.165, 1.54) is 0 Å². The first-order valence-corrected chi connectivity index (χ1v) is 11.0. The van der Waals surface area contributed by atoms with Gasteiger partial charge < -0.3 is 15.2 Å². The Morgan fingerprint density at radius 2 is 2.09 bits per heavy atom. The molecule has 0 bridgehead atoms. The number of H-pyrrole nitrogens is 1. The molecule has 0 saturated carbocycles. The Kier molecular flexibility index (Phi) is 5.54. The molecule has 162 valence electrons. The lowest BCUT2D eigenvalue weighted by Gasteiger charge is -2.32. The first kappa shape index (κ1) is 20.2. The van der Waals surface area contributed by atoms with Gasteiger partial charge in [0.25, 0.3) is 0 Å². The van der Waals surface area contributed by atoms with Crippen LogP contribution in [0.2, 0.25) is 0 Å². The second-order valence-corrected chi connectivity index (χ2v) is 8.37. The van der Waals surface area contributed by atoms with Gasteiger partial charge >= 0.3 is 0 Å². The summed E-state index contributed by atoms with van der Waals surface area (Å²) in [6.45, 7) is 3.48. The van der Waals surface area contributed by atoms with Crippen molar-refractivity contribution in [3.8, 4) is 0 Å². The average Bonchev–Trinajstić information content (AvgIpc) is 3.24. The number of para-hydroxylation sites is 1. The number of rotatable bonds is 5. The topological polar surface area (TPSA) is 86.8 Å². The standard InChI is InChI=1S/C25H26N6O/c1-17-8-9-23(28-14-17)30-25-26-11-10-21(29-25)18-5-4-12-31(16-18)24(32)13-19-15-27-22-7-3-2-6-20(19)22/h2-3,6-11,14-15,18,27H,4-5,12-13,16H2,1H3,(H,26,28,29,30). The maximum Gasteiger partial charge on any atom is 0.228 e. The Hall–Kier alpha value is -3.74. The number of likely N-dealkylation sites (tertiary alicyclic amines) is 1. The van der Waals surface area contributed by atoms with Crippen LogP contribution in [0.4, 0.5) is 11.8 Å². The third-order valence-electron chi connectivity index (χ3n) is 6.04. The Balaban J connectivity index is 1.27. The summed E-state index contributed by atoms with van der Waals surface area (Å²) in [5, 5.41) is 4.29. The van der Waals surface area contributed by atoms with Crippen molar-refractivity contribution in [3.63, 3.8) is 0 Å². The zero-order valence-corrected chi connectivity index (χ0v) is 18.1. The lowest BCUT2D eigenvalue weighted by atomic mass is 9.94. The third kappa shape index (κ3) is 4.32. The number of nitrogens with zero attached hydrogens (tertiary/aromatic N) is 4. The molecule has 1 fully saturated rings. The molecular weight excluding hydrogens is 400 g/mol. The van der Waals surface area contributed by atoms with E-state index in [1.54, 1.807) is 6.20 Å². The molecule has 0 radical (unpaired) electrons. The zero-order chi connectivity index (χ0) is 21.9. The van der Waals surface area contributed by atoms with Gasteiger partial charge in [-0.15, -0.1) is 0 Å². The SMILES string of the molecule is Cc1ccc(Nc2nccc(C3CCCN(C(=O)Cc4c[nH]c5ccccc45)C3)n2)nc1. The van der Waals surface area contributed by atoms with Crippen LogP contribution in [0.25, 0.3) is 10.9 Å². The second-order valence-electron chi connectivity index (χ2n) is 8.37. The number of piperidine rings is 1. The lowest BCUT2D eigenvalue weighted by molar-refractivity contribution is -0.131. The number of aromatic amines is 1. The molecule has 1 amide bonds. The number of amides is 1. The highest BCUT2D eigenvalue weighted by atomic mass is 16.2. The molecule has 4 aromatic rings. The number of pyridine rings is 1. The van der Waals surface area contributed by atoms with Crippen LogP contribution in [-0.2, 0) is 11.2 Å². The van der Waals surface area contributed by atoms with Gasteiger partial charge in [-0.1, -0.05) is 24.3 Å². The van der Waals surface area contributed by atoms with Crippen LogP contribution in [-0.4, -0.2) is 43.8 Å². The van der Waals surface area contributed by atoms with Gasteiger partial charge in [-0.2, -0.15) is 0 Å². The van der Waals surface area contributed by atoms with Crippen molar-refractivity contribution in [2.45, 2.75) is 32.1 Å². The van der Waals surface area contributed by atoms with E-state index in [4.69, 9.17) is 4.98 Å². The van der Waals surface area contributed by atoms with Crippen LogP contribution >= 0.6 is 0 Å². The number of aromatic nitrogens is 4. The number of hydrogen-bond donors (Lipinski definition) is 2. The molecule has 0 aliphatic carbocycles. The summed E-state index contributed by atoms with van der Waals surface area (Å²) in [6, 6.07) is 14.0. The fourth-order valence-corrected chi connectivity index (χ4v) is 4.31. The number of carbonyl (C=O) groups excluding carboxylic acids is 1. The average molecular weight is 427 g/mol. The summed E-state index contributed by atoms with van der Waals surface area (Å²) in [7, 11) is 0. The Morgan fingerprint density at radius 1 is 1.19 bits per heavy atom. The maximum absolute atomic E-state index is 13.1. The first-order chi connectivity index (χ1) is 15.7. The number of nitrogens with one attached hydrogen (secondary N) is 2. The van der Waals surface area contributed by atoms with E-state index < -0.39 is 0 Å². The molecule has 5 rings (SSSR count). The highest BCUT2D eigenvalue weighted by molar-refractivity contribution is 5.89. The van der Waals surface area contributed by atoms with E-state index in [0.29, 0.717) is 24.7 Å². The monoisotopic (exact) mass is 426 g/mol. The molecule has 7 heteroatoms. The number of benzene rings is 1. The minimum Gasteiger partial charge on any atom is -0.361 e. The van der Waals surface area contributed by atoms with Gasteiger partial charge in [-0.25, -0.2) is 15.0 Å². The molecule has 1 saturated heterocycles. The van der Waals surface area contributed by atoms with Crippen molar-refractivity contribution in [1.29, 1.82) is 0 Å². The van der Waals surface area contributed by atoms with Crippen molar-refractivity contribution < 1.29 is 4.79 Å². The smallest absolute Gasteiger partial charge is 0.228 e. The quantitative estimate of drug-likeness (QED) is 0.495. The van der Waals surface area contributed by atoms with Crippen LogP contribution in [0.1, 0.15) is 35.6 Å². The minimum absolute atomic E-state index is 0.163. The number of aryl methyl sites for hydroxylation is 1. The van der Waals surface area contributed by atoms with Gasteiger partial charge in [-0.05, 0) is 49.1 Å². The molecule has 32 heavy (non-hydrogen) atoms. The van der Waals surface area contributed by atoms with Crippen molar-refractivity contribution in [3.05, 3.63) is 77.9 Å². The molecular formula is C25H26N6O. The zero-order valence-electron chi connectivity index (χ0n) is 18.1. The Morgan fingerprint density at radius 3 is 2.97 bits per heavy atom. The molecule has 1 unspecified atom stereocenters. The van der Waals surface area contributed by atoms with Gasteiger partial charge in [0.15, 0.2) is 0 Å². The van der Waals surface area contributed by atoms with Crippen molar-refractivity contribution >= 4 is 28.6 Å². The van der Waals surface area contributed by atoms with Gasteiger partial charge in [0.2, 0.25) is 11.9 Å². The number of hydrogen-bond acceptors (Lipinski definition) is 5.